The van der Waals surface area contributed by atoms with Gasteiger partial charge in [-0.05, 0) is 41.5 Å². The summed E-state index contributed by atoms with van der Waals surface area (Å²) < 4.78 is 0. The van der Waals surface area contributed by atoms with E-state index in [1.807, 2.05) is 24.3 Å². The van der Waals surface area contributed by atoms with Crippen molar-refractivity contribution in [3.05, 3.63) is 48.0 Å². The first kappa shape index (κ1) is 16.3. The first-order chi connectivity index (χ1) is 11.8. The molecule has 2 fully saturated rings. The molecule has 2 aromatic rings. The quantitative estimate of drug-likeness (QED) is 0.872. The highest BCUT2D eigenvalue weighted by Crippen LogP contribution is 2.60. The predicted molar refractivity (Wildman–Crippen MR) is 103 cm³/mol. The van der Waals surface area contributed by atoms with Crippen LogP contribution < -0.4 is 5.73 Å². The molecule has 0 unspecified atom stereocenters. The Morgan fingerprint density at radius 2 is 1.88 bits per heavy atom. The van der Waals surface area contributed by atoms with Crippen LogP contribution in [0.2, 0.25) is 0 Å². The van der Waals surface area contributed by atoms with Gasteiger partial charge in [0.2, 0.25) is 5.91 Å². The van der Waals surface area contributed by atoms with E-state index in [9.17, 15) is 4.79 Å². The second-order valence-corrected chi connectivity index (χ2v) is 8.57. The van der Waals surface area contributed by atoms with Gasteiger partial charge in [0.25, 0.3) is 0 Å². The molecule has 3 nitrogen and oxygen atoms in total. The zero-order chi connectivity index (χ0) is 17.8. The number of fused-ring (bicyclic) bond motifs is 3. The molecule has 3 heteroatoms. The summed E-state index contributed by atoms with van der Waals surface area (Å²) in [7, 11) is 0. The van der Waals surface area contributed by atoms with Crippen LogP contribution in [-0.4, -0.2) is 11.6 Å². The molecule has 2 N–H and O–H groups in total. The topological polar surface area (TPSA) is 55.4 Å². The molecule has 2 aromatic carbocycles. The molecule has 2 saturated carbocycles. The molecule has 0 aliphatic heterocycles. The van der Waals surface area contributed by atoms with Gasteiger partial charge in [-0.1, -0.05) is 63.2 Å². The lowest BCUT2D eigenvalue weighted by molar-refractivity contribution is -0.119. The number of carbonyl (C=O) groups excluding carboxylic acids is 1. The minimum absolute atomic E-state index is 0.0469. The van der Waals surface area contributed by atoms with Crippen LogP contribution in [0, 0.1) is 16.7 Å². The Bertz CT molecular complexity index is 870. The minimum atomic E-state index is -0.614. The van der Waals surface area contributed by atoms with Crippen LogP contribution in [0.1, 0.15) is 51.6 Å². The molecule has 2 aliphatic rings. The molecule has 1 amide bonds. The van der Waals surface area contributed by atoms with E-state index in [1.165, 1.54) is 25.0 Å². The van der Waals surface area contributed by atoms with E-state index in [-0.39, 0.29) is 16.7 Å². The normalized spacial score (nSPS) is 30.0. The summed E-state index contributed by atoms with van der Waals surface area (Å²) in [5, 5.41) is 2.18. The van der Waals surface area contributed by atoms with E-state index in [0.717, 1.165) is 16.3 Å². The average Bonchev–Trinajstić information content (AvgIpc) is 3.05. The Hall–Kier alpha value is -2.16. The molecule has 3 atom stereocenters. The van der Waals surface area contributed by atoms with Crippen LogP contribution >= 0.6 is 0 Å². The first-order valence-electron chi connectivity index (χ1n) is 9.19. The first-order valence-corrected chi connectivity index (χ1v) is 9.19. The Kier molecular flexibility index (Phi) is 3.54. The maximum absolute atomic E-state index is 12.4. The second-order valence-electron chi connectivity index (χ2n) is 8.57. The van der Waals surface area contributed by atoms with Gasteiger partial charge in [-0.3, -0.25) is 9.79 Å². The average molecular weight is 334 g/mol. The monoisotopic (exact) mass is 334 g/mol. The van der Waals surface area contributed by atoms with Gasteiger partial charge in [-0.25, -0.2) is 0 Å². The van der Waals surface area contributed by atoms with Crippen LogP contribution in [0.15, 0.2) is 47.5 Å². The number of hydrogen-bond donors (Lipinski definition) is 1. The molecule has 4 rings (SSSR count). The lowest BCUT2D eigenvalue weighted by Gasteiger charge is -2.36. The Labute approximate surface area is 149 Å². The zero-order valence-corrected chi connectivity index (χ0v) is 15.3. The maximum atomic E-state index is 12.4. The number of nitrogens with zero attached hydrogens (tertiary/aromatic N) is 1. The third-order valence-corrected chi connectivity index (χ3v) is 6.59. The highest BCUT2D eigenvalue weighted by atomic mass is 16.1. The van der Waals surface area contributed by atoms with Crippen LogP contribution in [0.25, 0.3) is 10.8 Å². The smallest absolute Gasteiger partial charge is 0.246 e. The summed E-state index contributed by atoms with van der Waals surface area (Å²) in [6, 6.07) is 13.5. The van der Waals surface area contributed by atoms with E-state index in [4.69, 9.17) is 10.7 Å². The molecular weight excluding hydrogens is 308 g/mol. The van der Waals surface area contributed by atoms with E-state index < -0.39 is 6.04 Å². The molecule has 130 valence electrons. The van der Waals surface area contributed by atoms with Crippen molar-refractivity contribution >= 4 is 22.4 Å². The lowest BCUT2D eigenvalue weighted by atomic mass is 9.70. The van der Waals surface area contributed by atoms with Gasteiger partial charge < -0.3 is 5.73 Å². The summed E-state index contributed by atoms with van der Waals surface area (Å²) in [5.74, 6) is 0.295. The van der Waals surface area contributed by atoms with Crippen LogP contribution in [0.4, 0.5) is 0 Å². The minimum Gasteiger partial charge on any atom is -0.368 e. The standard InChI is InChI=1S/C22H26N2O/c1-21(2)15-11-12-22(3,13-15)20(21)24-18(19(23)25)17-10-6-8-14-7-4-5-9-16(14)17/h4-10,15,18H,11-13H2,1-3H3,(H2,23,25)/t15-,18+,22+/m0/s1. The summed E-state index contributed by atoms with van der Waals surface area (Å²) in [6.07, 6.45) is 3.61. The van der Waals surface area contributed by atoms with E-state index in [0.29, 0.717) is 5.92 Å². The number of primary amides is 1. The third kappa shape index (κ3) is 2.40. The molecule has 0 spiro atoms. The van der Waals surface area contributed by atoms with Gasteiger partial charge in [-0.2, -0.15) is 0 Å². The summed E-state index contributed by atoms with van der Waals surface area (Å²) in [4.78, 5) is 17.4. The summed E-state index contributed by atoms with van der Waals surface area (Å²) in [6.45, 7) is 6.87. The molecule has 0 radical (unpaired) electrons. The number of rotatable bonds is 3. The van der Waals surface area contributed by atoms with Crippen molar-refractivity contribution in [1.82, 2.24) is 0 Å². The van der Waals surface area contributed by atoms with Gasteiger partial charge in [0.1, 0.15) is 0 Å². The third-order valence-electron chi connectivity index (χ3n) is 6.59. The molecule has 2 aliphatic carbocycles. The van der Waals surface area contributed by atoms with Crippen molar-refractivity contribution in [2.24, 2.45) is 27.5 Å². The predicted octanol–water partition coefficient (Wildman–Crippen LogP) is 4.65. The fourth-order valence-corrected chi connectivity index (χ4v) is 5.27. The maximum Gasteiger partial charge on any atom is 0.246 e. The van der Waals surface area contributed by atoms with Crippen molar-refractivity contribution in [1.29, 1.82) is 0 Å². The second kappa shape index (κ2) is 5.42. The van der Waals surface area contributed by atoms with Crippen LogP contribution in [0.5, 0.6) is 0 Å². The fraction of sp³-hybridized carbons (Fsp3) is 0.455. The molecule has 0 aromatic heterocycles. The molecule has 0 heterocycles. The number of benzene rings is 2. The fourth-order valence-electron chi connectivity index (χ4n) is 5.27. The van der Waals surface area contributed by atoms with Crippen LogP contribution in [0.3, 0.4) is 0 Å². The van der Waals surface area contributed by atoms with Gasteiger partial charge in [-0.15, -0.1) is 0 Å². The van der Waals surface area contributed by atoms with Gasteiger partial charge >= 0.3 is 0 Å². The largest absolute Gasteiger partial charge is 0.368 e. The number of aliphatic imine (C=N–C) groups is 1. The Balaban J connectivity index is 1.87. The zero-order valence-electron chi connectivity index (χ0n) is 15.3. The summed E-state index contributed by atoms with van der Waals surface area (Å²) in [5.41, 5.74) is 8.09. The van der Waals surface area contributed by atoms with E-state index in [2.05, 4.69) is 39.0 Å². The van der Waals surface area contributed by atoms with Crippen molar-refractivity contribution in [3.63, 3.8) is 0 Å². The van der Waals surface area contributed by atoms with Crippen molar-refractivity contribution in [2.45, 2.75) is 46.1 Å². The lowest BCUT2D eigenvalue weighted by Crippen LogP contribution is -2.37. The van der Waals surface area contributed by atoms with E-state index >= 15 is 0 Å². The Morgan fingerprint density at radius 1 is 1.16 bits per heavy atom. The molecule has 25 heavy (non-hydrogen) atoms. The van der Waals surface area contributed by atoms with Gasteiger partial charge in [0.05, 0.1) is 0 Å². The molecule has 2 bridgehead atoms. The van der Waals surface area contributed by atoms with Crippen LogP contribution in [-0.2, 0) is 4.79 Å². The number of carbonyl (C=O) groups is 1. The number of nitrogens with two attached hydrogens (primary N) is 1. The van der Waals surface area contributed by atoms with Gasteiger partial charge in [0, 0.05) is 16.5 Å². The molecular formula is C22H26N2O. The Morgan fingerprint density at radius 3 is 2.56 bits per heavy atom. The van der Waals surface area contributed by atoms with Gasteiger partial charge in [0.15, 0.2) is 6.04 Å². The van der Waals surface area contributed by atoms with Crippen molar-refractivity contribution < 1.29 is 4.79 Å². The molecule has 0 saturated heterocycles. The van der Waals surface area contributed by atoms with E-state index in [1.54, 1.807) is 0 Å². The van der Waals surface area contributed by atoms with Crippen molar-refractivity contribution in [2.75, 3.05) is 0 Å². The number of amides is 1. The SMILES string of the molecule is CC1(C)C(=N[C@@H](C(N)=O)c2cccc3ccccc23)[C@]2(C)CC[C@H]1C2. The number of hydrogen-bond acceptors (Lipinski definition) is 2. The highest BCUT2D eigenvalue weighted by Gasteiger charge is 2.57. The highest BCUT2D eigenvalue weighted by molar-refractivity contribution is 6.00. The van der Waals surface area contributed by atoms with Crippen molar-refractivity contribution in [3.8, 4) is 0 Å². The summed E-state index contributed by atoms with van der Waals surface area (Å²) >= 11 is 0.